The second kappa shape index (κ2) is 15.9. The second-order valence-corrected chi connectivity index (χ2v) is 15.2. The highest BCUT2D eigenvalue weighted by atomic mass is 35.5. The van der Waals surface area contributed by atoms with Crippen molar-refractivity contribution in [1.82, 2.24) is 14.9 Å². The van der Waals surface area contributed by atoms with Gasteiger partial charge in [0.2, 0.25) is 11.6 Å². The highest BCUT2D eigenvalue weighted by molar-refractivity contribution is 6.32. The topological polar surface area (TPSA) is 81.4 Å². The molecule has 2 saturated heterocycles. The molecule has 0 bridgehead atoms. The first-order valence-corrected chi connectivity index (χ1v) is 18.0. The summed E-state index contributed by atoms with van der Waals surface area (Å²) in [4.78, 5) is 29.7. The number of halogens is 2. The van der Waals surface area contributed by atoms with Crippen LogP contribution in [0.5, 0.6) is 11.5 Å². The van der Waals surface area contributed by atoms with Gasteiger partial charge in [-0.3, -0.25) is 0 Å². The molecule has 2 aliphatic rings. The molecule has 3 aromatic rings. The highest BCUT2D eigenvalue weighted by Crippen LogP contribution is 2.42. The summed E-state index contributed by atoms with van der Waals surface area (Å²) in [6.07, 6.45) is 5.86. The lowest BCUT2D eigenvalue weighted by Crippen LogP contribution is -2.44. The van der Waals surface area contributed by atoms with Crippen LogP contribution in [0.3, 0.4) is 0 Å². The number of amides is 1. The van der Waals surface area contributed by atoms with Gasteiger partial charge >= 0.3 is 6.09 Å². The van der Waals surface area contributed by atoms with Crippen LogP contribution < -0.4 is 14.4 Å². The predicted octanol–water partition coefficient (Wildman–Crippen LogP) is 9.07. The van der Waals surface area contributed by atoms with Crippen molar-refractivity contribution in [3.8, 4) is 11.5 Å². The number of anilines is 1. The molecule has 9 nitrogen and oxygen atoms in total. The maximum Gasteiger partial charge on any atom is 0.410 e. The zero-order chi connectivity index (χ0) is 35.2. The first kappa shape index (κ1) is 36.5. The van der Waals surface area contributed by atoms with Gasteiger partial charge in [0.25, 0.3) is 0 Å². The Labute approximate surface area is 300 Å². The fourth-order valence-corrected chi connectivity index (χ4v) is 7.01. The van der Waals surface area contributed by atoms with E-state index in [4.69, 9.17) is 49.0 Å². The third kappa shape index (κ3) is 9.29. The number of hydrogen-bond donors (Lipinski definition) is 0. The third-order valence-electron chi connectivity index (χ3n) is 9.53. The van der Waals surface area contributed by atoms with E-state index in [1.807, 2.05) is 68.1 Å². The van der Waals surface area contributed by atoms with Gasteiger partial charge in [0.05, 0.1) is 29.8 Å². The van der Waals surface area contributed by atoms with Gasteiger partial charge in [-0.25, -0.2) is 19.6 Å². The molecule has 0 radical (unpaired) electrons. The molecule has 262 valence electrons. The number of piperidine rings is 2. The van der Waals surface area contributed by atoms with E-state index in [0.717, 1.165) is 80.4 Å². The van der Waals surface area contributed by atoms with Crippen molar-refractivity contribution in [2.24, 2.45) is 11.8 Å². The largest absolute Gasteiger partial charge is 0.502 e. The van der Waals surface area contributed by atoms with Crippen molar-refractivity contribution in [1.29, 1.82) is 0 Å². The van der Waals surface area contributed by atoms with Crippen molar-refractivity contribution in [2.75, 3.05) is 43.6 Å². The molecule has 2 aliphatic heterocycles. The Bertz CT molecular complexity index is 1620. The normalized spacial score (nSPS) is 16.3. The fourth-order valence-electron chi connectivity index (χ4n) is 6.67. The number of nitrogens with zero attached hydrogens (tertiary/aromatic N) is 5. The monoisotopic (exact) mass is 707 g/mol. The molecule has 0 saturated carbocycles. The fraction of sp³-hybridized carbons (Fsp3) is 0.526. The Morgan fingerprint density at radius 1 is 0.939 bits per heavy atom. The van der Waals surface area contributed by atoms with Crippen LogP contribution in [0.25, 0.3) is 4.85 Å². The number of carbonyl (C=O) groups excluding carboxylic acids is 1. The Hall–Kier alpha value is -3.74. The Kier molecular flexibility index (Phi) is 11.8. The average molecular weight is 709 g/mol. The molecular weight excluding hydrogens is 661 g/mol. The number of rotatable bonds is 10. The lowest BCUT2D eigenvalue weighted by atomic mass is 9.78. The maximum absolute atomic E-state index is 12.5. The molecule has 5 rings (SSSR count). The summed E-state index contributed by atoms with van der Waals surface area (Å²) in [5.74, 6) is 3.45. The Balaban J connectivity index is 1.13. The van der Waals surface area contributed by atoms with Crippen LogP contribution in [0.15, 0.2) is 48.7 Å². The molecule has 1 aromatic heterocycles. The summed E-state index contributed by atoms with van der Waals surface area (Å²) < 4.78 is 17.3. The van der Waals surface area contributed by atoms with Crippen molar-refractivity contribution < 1.29 is 19.0 Å². The van der Waals surface area contributed by atoms with Gasteiger partial charge in [-0.2, -0.15) is 0 Å². The molecule has 2 fully saturated rings. The molecule has 49 heavy (non-hydrogen) atoms. The smallest absolute Gasteiger partial charge is 0.410 e. The van der Waals surface area contributed by atoms with Gasteiger partial charge in [0, 0.05) is 37.8 Å². The minimum absolute atomic E-state index is 0.197. The van der Waals surface area contributed by atoms with E-state index in [1.165, 1.54) is 0 Å². The average Bonchev–Trinajstić information content (AvgIpc) is 3.09. The molecule has 0 spiro atoms. The molecule has 0 aliphatic carbocycles. The van der Waals surface area contributed by atoms with Crippen LogP contribution in [0, 0.1) is 18.4 Å². The maximum atomic E-state index is 12.5. The zero-order valence-electron chi connectivity index (χ0n) is 29.2. The Morgan fingerprint density at radius 2 is 1.59 bits per heavy atom. The van der Waals surface area contributed by atoms with Crippen molar-refractivity contribution >= 4 is 40.9 Å². The minimum Gasteiger partial charge on any atom is -0.502 e. The second-order valence-electron chi connectivity index (χ2n) is 14.4. The number of benzene rings is 2. The standard InChI is InChI=1S/C38H47Cl2N5O4/c1-37(2,3)49-36(46)45-20-14-27(15-21-45)26-12-18-44(19-13-26)35-42-17-11-30(43-35)25-48-31-9-7-28(8-10-31)38(4,5)29-23-32(40)34(47-22-16-39)33(24-29)41-6/h7-11,17,23-24,26-27H,12-16,18-22,25H2,1-5H3. The lowest BCUT2D eigenvalue weighted by Gasteiger charge is -2.40. The van der Waals surface area contributed by atoms with E-state index in [9.17, 15) is 4.79 Å². The first-order chi connectivity index (χ1) is 23.4. The summed E-state index contributed by atoms with van der Waals surface area (Å²) in [6, 6.07) is 13.6. The van der Waals surface area contributed by atoms with E-state index in [-0.39, 0.29) is 12.7 Å². The number of alkyl halides is 1. The van der Waals surface area contributed by atoms with E-state index >= 15 is 0 Å². The number of ether oxygens (including phenoxy) is 3. The summed E-state index contributed by atoms with van der Waals surface area (Å²) in [5.41, 5.74) is 2.28. The van der Waals surface area contributed by atoms with Gasteiger partial charge in [-0.15, -0.1) is 11.6 Å². The van der Waals surface area contributed by atoms with Crippen molar-refractivity contribution in [3.05, 3.63) is 81.9 Å². The zero-order valence-corrected chi connectivity index (χ0v) is 30.7. The molecule has 2 aromatic carbocycles. The summed E-state index contributed by atoms with van der Waals surface area (Å²) in [6.45, 7) is 21.6. The van der Waals surface area contributed by atoms with Gasteiger partial charge in [0.15, 0.2) is 0 Å². The summed E-state index contributed by atoms with van der Waals surface area (Å²) in [5, 5.41) is 0.396. The molecule has 3 heterocycles. The molecular formula is C38H47Cl2N5O4. The predicted molar refractivity (Wildman–Crippen MR) is 194 cm³/mol. The Morgan fingerprint density at radius 3 is 2.20 bits per heavy atom. The quantitative estimate of drug-likeness (QED) is 0.154. The molecule has 0 N–H and O–H groups in total. The van der Waals surface area contributed by atoms with Gasteiger partial charge in [-0.05, 0) is 99.7 Å². The summed E-state index contributed by atoms with van der Waals surface area (Å²) >= 11 is 12.3. The van der Waals surface area contributed by atoms with Crippen molar-refractivity contribution in [2.45, 2.75) is 77.9 Å². The molecule has 11 heteroatoms. The highest BCUT2D eigenvalue weighted by Gasteiger charge is 2.33. The molecule has 0 atom stereocenters. The van der Waals surface area contributed by atoms with E-state index in [1.54, 1.807) is 6.20 Å². The minimum atomic E-state index is -0.465. The molecule has 1 amide bonds. The first-order valence-electron chi connectivity index (χ1n) is 17.1. The van der Waals surface area contributed by atoms with E-state index in [0.29, 0.717) is 40.8 Å². The van der Waals surface area contributed by atoms with Crippen LogP contribution in [0.4, 0.5) is 16.4 Å². The molecule has 0 unspecified atom stereocenters. The lowest BCUT2D eigenvalue weighted by molar-refractivity contribution is 0.0152. The van der Waals surface area contributed by atoms with Crippen LogP contribution >= 0.6 is 23.2 Å². The van der Waals surface area contributed by atoms with Crippen LogP contribution in [0.1, 0.15) is 77.1 Å². The summed E-state index contributed by atoms with van der Waals surface area (Å²) in [7, 11) is 0. The number of likely N-dealkylation sites (tertiary alicyclic amines) is 1. The number of aromatic nitrogens is 2. The van der Waals surface area contributed by atoms with Gasteiger partial charge in [0.1, 0.15) is 23.7 Å². The van der Waals surface area contributed by atoms with E-state index in [2.05, 4.69) is 28.6 Å². The van der Waals surface area contributed by atoms with Gasteiger partial charge in [-0.1, -0.05) is 37.6 Å². The van der Waals surface area contributed by atoms with Crippen LogP contribution in [-0.4, -0.2) is 65.2 Å². The van der Waals surface area contributed by atoms with Crippen LogP contribution in [-0.2, 0) is 16.8 Å². The number of carbonyl (C=O) groups is 1. The SMILES string of the molecule is [C-]#[N+]c1cc(C(C)(C)c2ccc(OCc3ccnc(N4CCC(C5CCN(C(=O)OC(C)(C)C)CC5)CC4)n3)cc2)cc(Cl)c1OCCCl. The van der Waals surface area contributed by atoms with E-state index < -0.39 is 11.0 Å². The van der Waals surface area contributed by atoms with Crippen molar-refractivity contribution in [3.63, 3.8) is 0 Å². The van der Waals surface area contributed by atoms with Gasteiger partial charge < -0.3 is 24.0 Å². The van der Waals surface area contributed by atoms with Crippen LogP contribution in [0.2, 0.25) is 5.02 Å². The number of hydrogen-bond acceptors (Lipinski definition) is 7. The third-order valence-corrected chi connectivity index (χ3v) is 9.97.